The Labute approximate surface area is 183 Å². The number of halogens is 3. The number of carbonyl (C=O) groups is 1. The summed E-state index contributed by atoms with van der Waals surface area (Å²) in [7, 11) is 0. The lowest BCUT2D eigenvalue weighted by Gasteiger charge is -2.30. The van der Waals surface area contributed by atoms with E-state index >= 15 is 0 Å². The van der Waals surface area contributed by atoms with Gasteiger partial charge in [0.1, 0.15) is 11.9 Å². The molecule has 7 nitrogen and oxygen atoms in total. The van der Waals surface area contributed by atoms with Gasteiger partial charge in [0, 0.05) is 44.1 Å². The molecule has 1 N–H and O–H groups in total. The number of hydrogen-bond acceptors (Lipinski definition) is 5. The van der Waals surface area contributed by atoms with Crippen molar-refractivity contribution in [2.75, 3.05) is 19.6 Å². The summed E-state index contributed by atoms with van der Waals surface area (Å²) in [5, 5.41) is 7.13. The van der Waals surface area contributed by atoms with Gasteiger partial charge in [0.05, 0.1) is 5.56 Å². The minimum absolute atomic E-state index is 0.128. The van der Waals surface area contributed by atoms with Crippen molar-refractivity contribution in [3.63, 3.8) is 0 Å². The summed E-state index contributed by atoms with van der Waals surface area (Å²) in [4.78, 5) is 25.6. The predicted octanol–water partition coefficient (Wildman–Crippen LogP) is 3.62. The zero-order valence-corrected chi connectivity index (χ0v) is 17.5. The van der Waals surface area contributed by atoms with E-state index in [4.69, 9.17) is 0 Å². The van der Waals surface area contributed by atoms with Crippen LogP contribution in [0.3, 0.4) is 0 Å². The molecule has 3 heterocycles. The molecule has 4 rings (SSSR count). The van der Waals surface area contributed by atoms with Gasteiger partial charge < -0.3 is 4.90 Å². The van der Waals surface area contributed by atoms with Gasteiger partial charge in [-0.3, -0.25) is 19.8 Å². The molecule has 1 atom stereocenters. The molecule has 1 aliphatic heterocycles. The fourth-order valence-electron chi connectivity index (χ4n) is 3.89. The fraction of sp³-hybridized carbons (Fsp3) is 0.364. The molecule has 0 radical (unpaired) electrons. The minimum Gasteiger partial charge on any atom is -0.327 e. The van der Waals surface area contributed by atoms with Gasteiger partial charge in [-0.1, -0.05) is 12.1 Å². The van der Waals surface area contributed by atoms with E-state index in [-0.39, 0.29) is 5.91 Å². The van der Waals surface area contributed by atoms with Crippen molar-refractivity contribution in [2.45, 2.75) is 32.1 Å². The number of nitrogens with zero attached hydrogens (tertiary/aromatic N) is 5. The van der Waals surface area contributed by atoms with Crippen LogP contribution < -0.4 is 0 Å². The van der Waals surface area contributed by atoms with Crippen LogP contribution in [0.5, 0.6) is 0 Å². The largest absolute Gasteiger partial charge is 0.416 e. The third-order valence-electron chi connectivity index (χ3n) is 5.47. The number of hydrogen-bond donors (Lipinski definition) is 1. The zero-order valence-electron chi connectivity index (χ0n) is 17.5. The summed E-state index contributed by atoms with van der Waals surface area (Å²) < 4.78 is 38.6. The second-order valence-electron chi connectivity index (χ2n) is 7.81. The van der Waals surface area contributed by atoms with Gasteiger partial charge in [-0.15, -0.1) is 0 Å². The fourth-order valence-corrected chi connectivity index (χ4v) is 3.89. The highest BCUT2D eigenvalue weighted by atomic mass is 19.4. The van der Waals surface area contributed by atoms with Crippen molar-refractivity contribution >= 4 is 5.91 Å². The predicted molar refractivity (Wildman–Crippen MR) is 110 cm³/mol. The van der Waals surface area contributed by atoms with Crippen LogP contribution in [0, 0.1) is 6.92 Å². The van der Waals surface area contributed by atoms with Crippen LogP contribution in [0.2, 0.25) is 0 Å². The first-order valence-corrected chi connectivity index (χ1v) is 10.3. The normalized spacial score (nSPS) is 17.9. The number of aryl methyl sites for hydroxylation is 1. The van der Waals surface area contributed by atoms with Gasteiger partial charge >= 0.3 is 6.18 Å². The number of benzene rings is 1. The number of alkyl halides is 3. The van der Waals surface area contributed by atoms with Crippen LogP contribution in [0.4, 0.5) is 13.2 Å². The summed E-state index contributed by atoms with van der Waals surface area (Å²) in [5.41, 5.74) is 0.644. The molecule has 0 aliphatic carbocycles. The minimum atomic E-state index is -4.36. The molecule has 0 bridgehead atoms. The first-order valence-electron chi connectivity index (χ1n) is 10.3. The second-order valence-corrected chi connectivity index (χ2v) is 7.81. The molecular formula is C22H23F3N6O. The number of rotatable bonds is 4. The lowest BCUT2D eigenvalue weighted by Crippen LogP contribution is -2.39. The molecule has 0 spiro atoms. The summed E-state index contributed by atoms with van der Waals surface area (Å²) in [6.07, 6.45) is -0.483. The van der Waals surface area contributed by atoms with E-state index in [2.05, 4.69) is 25.1 Å². The molecule has 1 aromatic carbocycles. The van der Waals surface area contributed by atoms with Gasteiger partial charge in [-0.2, -0.15) is 18.3 Å². The standard InChI is InChI=1S/C22H23F3N6O/c1-15-27-20(29-28-15)19-14-30(13-16-3-5-18(6-4-16)22(23,24)25)11-2-12-31(19)21(32)17-7-9-26-10-8-17/h3-10,19H,2,11-14H2,1H3,(H,27,28,29). The molecule has 1 amide bonds. The van der Waals surface area contributed by atoms with Crippen LogP contribution >= 0.6 is 0 Å². The van der Waals surface area contributed by atoms with Gasteiger partial charge in [0.25, 0.3) is 5.91 Å². The molecule has 1 aliphatic rings. The smallest absolute Gasteiger partial charge is 0.327 e. The Morgan fingerprint density at radius 2 is 1.84 bits per heavy atom. The average molecular weight is 444 g/mol. The molecule has 32 heavy (non-hydrogen) atoms. The van der Waals surface area contributed by atoms with Crippen molar-refractivity contribution in [3.8, 4) is 0 Å². The van der Waals surface area contributed by atoms with E-state index < -0.39 is 17.8 Å². The number of aromatic nitrogens is 4. The number of aromatic amines is 1. The number of pyridine rings is 1. The van der Waals surface area contributed by atoms with E-state index in [9.17, 15) is 18.0 Å². The van der Waals surface area contributed by atoms with Crippen LogP contribution in [-0.2, 0) is 12.7 Å². The van der Waals surface area contributed by atoms with Crippen molar-refractivity contribution in [1.29, 1.82) is 0 Å². The van der Waals surface area contributed by atoms with E-state index in [1.165, 1.54) is 12.1 Å². The quantitative estimate of drug-likeness (QED) is 0.665. The molecule has 0 saturated carbocycles. The van der Waals surface area contributed by atoms with Gasteiger partial charge in [-0.05, 0) is 43.2 Å². The monoisotopic (exact) mass is 444 g/mol. The number of carbonyl (C=O) groups excluding carboxylic acids is 1. The van der Waals surface area contributed by atoms with Crippen LogP contribution in [-0.4, -0.2) is 55.5 Å². The van der Waals surface area contributed by atoms with E-state index in [0.29, 0.717) is 43.4 Å². The van der Waals surface area contributed by atoms with Gasteiger partial charge in [0.15, 0.2) is 5.82 Å². The highest BCUT2D eigenvalue weighted by Gasteiger charge is 2.33. The molecule has 168 valence electrons. The van der Waals surface area contributed by atoms with Crippen molar-refractivity contribution < 1.29 is 18.0 Å². The maximum absolute atomic E-state index is 13.2. The Morgan fingerprint density at radius 1 is 1.12 bits per heavy atom. The molecule has 1 unspecified atom stereocenters. The lowest BCUT2D eigenvalue weighted by atomic mass is 10.1. The van der Waals surface area contributed by atoms with Crippen LogP contribution in [0.1, 0.15) is 45.6 Å². The maximum Gasteiger partial charge on any atom is 0.416 e. The third kappa shape index (κ3) is 4.96. The van der Waals surface area contributed by atoms with Crippen LogP contribution in [0.15, 0.2) is 48.8 Å². The first kappa shape index (κ1) is 21.9. The highest BCUT2D eigenvalue weighted by Crippen LogP contribution is 2.30. The molecule has 1 fully saturated rings. The van der Waals surface area contributed by atoms with Gasteiger partial charge in [-0.25, -0.2) is 4.98 Å². The molecule has 3 aromatic rings. The Hall–Kier alpha value is -3.27. The van der Waals surface area contributed by atoms with Crippen molar-refractivity contribution in [1.82, 2.24) is 30.0 Å². The summed E-state index contributed by atoms with van der Waals surface area (Å²) >= 11 is 0. The number of nitrogens with one attached hydrogen (secondary N) is 1. The van der Waals surface area contributed by atoms with E-state index in [1.807, 2.05) is 0 Å². The zero-order chi connectivity index (χ0) is 22.7. The van der Waals surface area contributed by atoms with Crippen molar-refractivity contribution in [2.24, 2.45) is 0 Å². The highest BCUT2D eigenvalue weighted by molar-refractivity contribution is 5.94. The molecule has 2 aromatic heterocycles. The Bertz CT molecular complexity index is 1050. The maximum atomic E-state index is 13.2. The number of amides is 1. The van der Waals surface area contributed by atoms with E-state index in [1.54, 1.807) is 36.4 Å². The summed E-state index contributed by atoms with van der Waals surface area (Å²) in [5.74, 6) is 1.04. The summed E-state index contributed by atoms with van der Waals surface area (Å²) in [6, 6.07) is 8.16. The van der Waals surface area contributed by atoms with E-state index in [0.717, 1.165) is 24.1 Å². The third-order valence-corrected chi connectivity index (χ3v) is 5.47. The SMILES string of the molecule is Cc1nc(C2CN(Cc3ccc(C(F)(F)F)cc3)CCCN2C(=O)c2ccncc2)n[nH]1. The molecular weight excluding hydrogens is 421 g/mol. The Kier molecular flexibility index (Phi) is 6.22. The summed E-state index contributed by atoms with van der Waals surface area (Å²) in [6.45, 7) is 3.94. The molecule has 1 saturated heterocycles. The second kappa shape index (κ2) is 9.07. The number of H-pyrrole nitrogens is 1. The first-order chi connectivity index (χ1) is 15.3. The lowest BCUT2D eigenvalue weighted by molar-refractivity contribution is -0.137. The Morgan fingerprint density at radius 3 is 2.47 bits per heavy atom. The average Bonchev–Trinajstić information content (AvgIpc) is 3.10. The Balaban J connectivity index is 1.56. The van der Waals surface area contributed by atoms with Crippen molar-refractivity contribution in [3.05, 3.63) is 77.1 Å². The van der Waals surface area contributed by atoms with Gasteiger partial charge in [0.2, 0.25) is 0 Å². The topological polar surface area (TPSA) is 78.0 Å². The molecule has 10 heteroatoms. The van der Waals surface area contributed by atoms with Crippen LogP contribution in [0.25, 0.3) is 0 Å².